The smallest absolute Gasteiger partial charge is 0.191 e. The van der Waals surface area contributed by atoms with Crippen LogP contribution in [0.4, 0.5) is 0 Å². The fraction of sp³-hybridized carbons (Fsp3) is 0.667. The van der Waals surface area contributed by atoms with Gasteiger partial charge in [-0.1, -0.05) is 5.16 Å². The maximum absolute atomic E-state index is 5.22. The molecule has 9 heteroatoms. The number of aromatic nitrogens is 4. The first-order valence-corrected chi connectivity index (χ1v) is 9.48. The van der Waals surface area contributed by atoms with E-state index in [0.29, 0.717) is 13.2 Å². The van der Waals surface area contributed by atoms with E-state index in [0.717, 1.165) is 67.0 Å². The van der Waals surface area contributed by atoms with E-state index in [9.17, 15) is 0 Å². The quantitative estimate of drug-likeness (QED) is 0.553. The summed E-state index contributed by atoms with van der Waals surface area (Å²) in [6, 6.07) is 0.270. The Labute approximate surface area is 159 Å². The van der Waals surface area contributed by atoms with Gasteiger partial charge in [-0.25, -0.2) is 9.67 Å². The van der Waals surface area contributed by atoms with Crippen molar-refractivity contribution < 1.29 is 9.26 Å². The lowest BCUT2D eigenvalue weighted by atomic mass is 10.1. The molecule has 2 aromatic rings. The van der Waals surface area contributed by atoms with Crippen LogP contribution in [-0.4, -0.2) is 52.1 Å². The minimum absolute atomic E-state index is 0.270. The molecule has 148 valence electrons. The number of rotatable bonds is 7. The maximum atomic E-state index is 5.22. The van der Waals surface area contributed by atoms with Gasteiger partial charge >= 0.3 is 0 Å². The second-order valence-electron chi connectivity index (χ2n) is 6.75. The minimum atomic E-state index is 0.270. The van der Waals surface area contributed by atoms with Crippen molar-refractivity contribution in [3.05, 3.63) is 28.7 Å². The second kappa shape index (κ2) is 8.98. The van der Waals surface area contributed by atoms with E-state index in [4.69, 9.17) is 14.3 Å². The van der Waals surface area contributed by atoms with E-state index in [2.05, 4.69) is 32.8 Å². The molecular formula is C18H29N7O2. The number of hydrogen-bond acceptors (Lipinski definition) is 6. The van der Waals surface area contributed by atoms with Crippen LogP contribution in [-0.2, 0) is 30.7 Å². The van der Waals surface area contributed by atoms with Crippen molar-refractivity contribution in [2.75, 3.05) is 20.2 Å². The van der Waals surface area contributed by atoms with E-state index in [-0.39, 0.29) is 6.04 Å². The minimum Gasteiger partial charge on any atom is -0.377 e. The van der Waals surface area contributed by atoms with Crippen molar-refractivity contribution in [1.82, 2.24) is 30.6 Å². The van der Waals surface area contributed by atoms with Gasteiger partial charge in [0, 0.05) is 38.2 Å². The summed E-state index contributed by atoms with van der Waals surface area (Å²) in [4.78, 5) is 9.24. The molecule has 3 rings (SSSR count). The Morgan fingerprint density at radius 2 is 2.26 bits per heavy atom. The zero-order chi connectivity index (χ0) is 19.2. The Kier molecular flexibility index (Phi) is 6.44. The van der Waals surface area contributed by atoms with Crippen molar-refractivity contribution in [2.24, 2.45) is 4.99 Å². The van der Waals surface area contributed by atoms with Crippen molar-refractivity contribution in [2.45, 2.75) is 59.2 Å². The fourth-order valence-electron chi connectivity index (χ4n) is 3.32. The molecule has 0 saturated carbocycles. The van der Waals surface area contributed by atoms with Crippen LogP contribution in [0.5, 0.6) is 0 Å². The Bertz CT molecular complexity index is 761. The van der Waals surface area contributed by atoms with E-state index in [1.807, 2.05) is 18.5 Å². The summed E-state index contributed by atoms with van der Waals surface area (Å²) < 4.78 is 12.3. The van der Waals surface area contributed by atoms with Gasteiger partial charge in [-0.15, -0.1) is 0 Å². The number of guanidine groups is 1. The number of nitrogens with one attached hydrogen (secondary N) is 2. The lowest BCUT2D eigenvalue weighted by Crippen LogP contribution is -2.47. The molecule has 27 heavy (non-hydrogen) atoms. The monoisotopic (exact) mass is 375 g/mol. The van der Waals surface area contributed by atoms with Gasteiger partial charge in [-0.2, -0.15) is 5.10 Å². The predicted octanol–water partition coefficient (Wildman–Crippen LogP) is 1.14. The largest absolute Gasteiger partial charge is 0.377 e. The Hall–Kier alpha value is -2.42. The standard InChI is InChI=1S/C18H29N7O2/c1-5-19-18(20-9-8-15-12(2)24-27-13(15)3)21-14-6-7-17-22-16(11-26-4)23-25(17)10-14/h14H,5-11H2,1-4H3,(H2,19,20,21). The van der Waals surface area contributed by atoms with E-state index in [1.54, 1.807) is 7.11 Å². The molecule has 0 amide bonds. The number of methoxy groups -OCH3 is 1. The van der Waals surface area contributed by atoms with E-state index >= 15 is 0 Å². The van der Waals surface area contributed by atoms with Crippen LogP contribution in [0.1, 0.15) is 42.0 Å². The molecule has 1 aliphatic rings. The third-order valence-corrected chi connectivity index (χ3v) is 4.67. The van der Waals surface area contributed by atoms with Gasteiger partial charge in [0.05, 0.1) is 12.2 Å². The van der Waals surface area contributed by atoms with E-state index in [1.165, 1.54) is 0 Å². The van der Waals surface area contributed by atoms with Crippen LogP contribution in [0.2, 0.25) is 0 Å². The Morgan fingerprint density at radius 3 is 2.96 bits per heavy atom. The van der Waals surface area contributed by atoms with Gasteiger partial charge in [0.1, 0.15) is 18.2 Å². The van der Waals surface area contributed by atoms with Gasteiger partial charge in [-0.05, 0) is 33.6 Å². The molecule has 1 atom stereocenters. The maximum Gasteiger partial charge on any atom is 0.191 e. The molecule has 3 heterocycles. The zero-order valence-corrected chi connectivity index (χ0v) is 16.6. The molecule has 9 nitrogen and oxygen atoms in total. The molecule has 0 bridgehead atoms. The lowest BCUT2D eigenvalue weighted by molar-refractivity contribution is 0.177. The number of aliphatic imine (C=N–C) groups is 1. The summed E-state index contributed by atoms with van der Waals surface area (Å²) in [6.45, 7) is 8.70. The first-order valence-electron chi connectivity index (χ1n) is 9.48. The molecule has 0 spiro atoms. The molecule has 1 unspecified atom stereocenters. The van der Waals surface area contributed by atoms with Crippen LogP contribution in [0, 0.1) is 13.8 Å². The highest BCUT2D eigenvalue weighted by Crippen LogP contribution is 2.14. The molecule has 2 N–H and O–H groups in total. The molecule has 0 saturated heterocycles. The first-order chi connectivity index (χ1) is 13.1. The van der Waals surface area contributed by atoms with Gasteiger partial charge in [0.15, 0.2) is 11.8 Å². The summed E-state index contributed by atoms with van der Waals surface area (Å²) >= 11 is 0. The number of hydrogen-bond donors (Lipinski definition) is 2. The Morgan fingerprint density at radius 1 is 1.41 bits per heavy atom. The van der Waals surface area contributed by atoms with Crippen molar-refractivity contribution in [3.63, 3.8) is 0 Å². The van der Waals surface area contributed by atoms with E-state index < -0.39 is 0 Å². The van der Waals surface area contributed by atoms with Crippen molar-refractivity contribution >= 4 is 5.96 Å². The van der Waals surface area contributed by atoms with Crippen molar-refractivity contribution in [3.8, 4) is 0 Å². The molecule has 1 aliphatic heterocycles. The molecule has 2 aromatic heterocycles. The molecule has 0 fully saturated rings. The van der Waals surface area contributed by atoms with Crippen LogP contribution in [0.15, 0.2) is 9.52 Å². The topological polar surface area (TPSA) is 102 Å². The lowest BCUT2D eigenvalue weighted by Gasteiger charge is -2.25. The highest BCUT2D eigenvalue weighted by molar-refractivity contribution is 5.80. The second-order valence-corrected chi connectivity index (χ2v) is 6.75. The van der Waals surface area contributed by atoms with Crippen LogP contribution in [0.3, 0.4) is 0 Å². The average molecular weight is 375 g/mol. The summed E-state index contributed by atoms with van der Waals surface area (Å²) in [7, 11) is 1.66. The van der Waals surface area contributed by atoms with Gasteiger partial charge < -0.3 is 19.9 Å². The number of nitrogens with zero attached hydrogens (tertiary/aromatic N) is 5. The third-order valence-electron chi connectivity index (χ3n) is 4.67. The number of fused-ring (bicyclic) bond motifs is 1. The Balaban J connectivity index is 1.58. The van der Waals surface area contributed by atoms with Crippen LogP contribution >= 0.6 is 0 Å². The van der Waals surface area contributed by atoms with Gasteiger partial charge in [0.2, 0.25) is 0 Å². The zero-order valence-electron chi connectivity index (χ0n) is 16.6. The average Bonchev–Trinajstić information content (AvgIpc) is 3.18. The summed E-state index contributed by atoms with van der Waals surface area (Å²) in [5, 5.41) is 15.4. The number of aryl methyl sites for hydroxylation is 3. The molecule has 0 aliphatic carbocycles. The van der Waals surface area contributed by atoms with Gasteiger partial charge in [-0.3, -0.25) is 4.99 Å². The third kappa shape index (κ3) is 4.85. The summed E-state index contributed by atoms with van der Waals surface area (Å²) in [5.41, 5.74) is 2.09. The molecular weight excluding hydrogens is 346 g/mol. The molecule has 0 radical (unpaired) electrons. The first kappa shape index (κ1) is 19.3. The molecule has 0 aromatic carbocycles. The SMILES string of the molecule is CCNC(=NCCc1c(C)noc1C)NC1CCc2nc(COC)nn2C1. The van der Waals surface area contributed by atoms with Gasteiger partial charge in [0.25, 0.3) is 0 Å². The summed E-state index contributed by atoms with van der Waals surface area (Å²) in [6.07, 6.45) is 2.71. The fourth-order valence-corrected chi connectivity index (χ4v) is 3.32. The van der Waals surface area contributed by atoms with Crippen molar-refractivity contribution in [1.29, 1.82) is 0 Å². The summed E-state index contributed by atoms with van der Waals surface area (Å²) in [5.74, 6) is 3.47. The normalized spacial score (nSPS) is 17.0. The van der Waals surface area contributed by atoms with Crippen LogP contribution in [0.25, 0.3) is 0 Å². The highest BCUT2D eigenvalue weighted by Gasteiger charge is 2.22. The highest BCUT2D eigenvalue weighted by atomic mass is 16.5. The predicted molar refractivity (Wildman–Crippen MR) is 102 cm³/mol. The number of ether oxygens (including phenoxy) is 1. The van der Waals surface area contributed by atoms with Crippen LogP contribution < -0.4 is 10.6 Å².